The van der Waals surface area contributed by atoms with Crippen LogP contribution in [0.4, 0.5) is 4.39 Å². The average molecular weight is 286 g/mol. The van der Waals surface area contributed by atoms with Gasteiger partial charge in [-0.2, -0.15) is 0 Å². The molecule has 0 heterocycles. The zero-order valence-corrected chi connectivity index (χ0v) is 12.3. The van der Waals surface area contributed by atoms with Gasteiger partial charge in [0.2, 0.25) is 0 Å². The lowest BCUT2D eigenvalue weighted by Gasteiger charge is -2.20. The van der Waals surface area contributed by atoms with Gasteiger partial charge in [-0.15, -0.1) is 0 Å². The summed E-state index contributed by atoms with van der Waals surface area (Å²) in [7, 11) is 1.68. The van der Waals surface area contributed by atoms with Crippen LogP contribution in [0.5, 0.6) is 0 Å². The Morgan fingerprint density at radius 2 is 2.32 bits per heavy atom. The third-order valence-corrected chi connectivity index (χ3v) is 4.43. The lowest BCUT2D eigenvalue weighted by atomic mass is 9.91. The van der Waals surface area contributed by atoms with Crippen LogP contribution in [0, 0.1) is 11.7 Å². The summed E-state index contributed by atoms with van der Waals surface area (Å²) >= 11 is 5.91. The molecule has 1 fully saturated rings. The molecule has 2 rings (SSSR count). The molecule has 0 aromatic heterocycles. The summed E-state index contributed by atoms with van der Waals surface area (Å²) in [6.45, 7) is 4.40. The van der Waals surface area contributed by atoms with Gasteiger partial charge in [0.25, 0.3) is 0 Å². The van der Waals surface area contributed by atoms with Crippen LogP contribution in [0.25, 0.3) is 0 Å². The first-order valence-electron chi connectivity index (χ1n) is 6.80. The van der Waals surface area contributed by atoms with Crippen molar-refractivity contribution in [2.45, 2.75) is 25.2 Å². The van der Waals surface area contributed by atoms with Crippen molar-refractivity contribution in [1.29, 1.82) is 0 Å². The van der Waals surface area contributed by atoms with Crippen molar-refractivity contribution in [3.8, 4) is 0 Å². The molecule has 0 saturated heterocycles. The topological polar surface area (TPSA) is 21.3 Å². The van der Waals surface area contributed by atoms with Gasteiger partial charge in [0.15, 0.2) is 0 Å². The summed E-state index contributed by atoms with van der Waals surface area (Å²) < 4.78 is 19.3. The molecular formula is C15H21ClFNO. The highest BCUT2D eigenvalue weighted by atomic mass is 35.5. The van der Waals surface area contributed by atoms with Crippen molar-refractivity contribution in [2.24, 2.45) is 5.92 Å². The molecule has 1 aliphatic rings. The van der Waals surface area contributed by atoms with Crippen molar-refractivity contribution in [3.63, 3.8) is 0 Å². The molecule has 2 atom stereocenters. The smallest absolute Gasteiger partial charge is 0.145 e. The van der Waals surface area contributed by atoms with Gasteiger partial charge in [0, 0.05) is 25.6 Å². The molecule has 0 radical (unpaired) electrons. The summed E-state index contributed by atoms with van der Waals surface area (Å²) in [6, 6.07) is 5.31. The SMILES string of the molecule is CCC1CC1(CNCCOC)c1cccc(Cl)c1F. The highest BCUT2D eigenvalue weighted by molar-refractivity contribution is 6.30. The van der Waals surface area contributed by atoms with Crippen molar-refractivity contribution < 1.29 is 9.13 Å². The lowest BCUT2D eigenvalue weighted by molar-refractivity contribution is 0.198. The first-order chi connectivity index (χ1) is 9.15. The summed E-state index contributed by atoms with van der Waals surface area (Å²) in [5.74, 6) is 0.282. The van der Waals surface area contributed by atoms with Crippen LogP contribution in [0.3, 0.4) is 0 Å². The number of rotatable bonds is 7. The second-order valence-electron chi connectivity index (χ2n) is 5.24. The third kappa shape index (κ3) is 2.93. The average Bonchev–Trinajstić information content (AvgIpc) is 3.13. The zero-order valence-electron chi connectivity index (χ0n) is 11.5. The monoisotopic (exact) mass is 285 g/mol. The van der Waals surface area contributed by atoms with Crippen LogP contribution in [-0.4, -0.2) is 26.8 Å². The molecule has 0 amide bonds. The number of methoxy groups -OCH3 is 1. The second kappa shape index (κ2) is 6.21. The third-order valence-electron chi connectivity index (χ3n) is 4.14. The van der Waals surface area contributed by atoms with Crippen LogP contribution >= 0.6 is 11.6 Å². The van der Waals surface area contributed by atoms with Gasteiger partial charge in [-0.25, -0.2) is 4.39 Å². The van der Waals surface area contributed by atoms with Gasteiger partial charge in [-0.1, -0.05) is 37.1 Å². The Morgan fingerprint density at radius 3 is 2.95 bits per heavy atom. The largest absolute Gasteiger partial charge is 0.383 e. The first-order valence-corrected chi connectivity index (χ1v) is 7.17. The first kappa shape index (κ1) is 14.8. The molecule has 1 aromatic rings. The molecular weight excluding hydrogens is 265 g/mol. The van der Waals surface area contributed by atoms with E-state index in [1.54, 1.807) is 13.2 Å². The van der Waals surface area contributed by atoms with Crippen LogP contribution in [0.1, 0.15) is 25.3 Å². The molecule has 0 bridgehead atoms. The molecule has 2 unspecified atom stereocenters. The predicted molar refractivity (Wildman–Crippen MR) is 76.2 cm³/mol. The van der Waals surface area contributed by atoms with E-state index < -0.39 is 0 Å². The quantitative estimate of drug-likeness (QED) is 0.776. The Kier molecular flexibility index (Phi) is 4.82. The highest BCUT2D eigenvalue weighted by Gasteiger charge is 2.54. The fourth-order valence-electron chi connectivity index (χ4n) is 2.93. The molecule has 106 valence electrons. The van der Waals surface area contributed by atoms with Crippen molar-refractivity contribution in [1.82, 2.24) is 5.32 Å². The molecule has 1 aliphatic carbocycles. The van der Waals surface area contributed by atoms with E-state index in [1.807, 2.05) is 12.1 Å². The maximum atomic E-state index is 14.2. The van der Waals surface area contributed by atoms with Gasteiger partial charge in [0.1, 0.15) is 5.82 Å². The molecule has 1 aromatic carbocycles. The molecule has 0 spiro atoms. The minimum atomic E-state index is -0.256. The normalized spacial score (nSPS) is 25.6. The number of ether oxygens (including phenoxy) is 1. The number of hydrogen-bond donors (Lipinski definition) is 1. The Labute approximate surface area is 119 Å². The van der Waals surface area contributed by atoms with E-state index in [-0.39, 0.29) is 16.3 Å². The molecule has 19 heavy (non-hydrogen) atoms. The maximum absolute atomic E-state index is 14.2. The van der Waals surface area contributed by atoms with E-state index >= 15 is 0 Å². The molecule has 1 saturated carbocycles. The fraction of sp³-hybridized carbons (Fsp3) is 0.600. The summed E-state index contributed by atoms with van der Waals surface area (Å²) in [5.41, 5.74) is 0.675. The zero-order chi connectivity index (χ0) is 13.9. The Balaban J connectivity index is 2.14. The second-order valence-corrected chi connectivity index (χ2v) is 5.64. The Morgan fingerprint density at radius 1 is 1.53 bits per heavy atom. The fourth-order valence-corrected chi connectivity index (χ4v) is 3.11. The minimum Gasteiger partial charge on any atom is -0.383 e. The van der Waals surface area contributed by atoms with E-state index in [1.165, 1.54) is 0 Å². The number of nitrogens with one attached hydrogen (secondary N) is 1. The van der Waals surface area contributed by atoms with E-state index in [4.69, 9.17) is 16.3 Å². The van der Waals surface area contributed by atoms with Gasteiger partial charge in [-0.05, 0) is 24.0 Å². The standard InChI is InChI=1S/C15H21ClFNO/c1-3-11-9-15(11,10-18-7-8-19-2)12-5-4-6-13(16)14(12)17/h4-6,11,18H,3,7-10H2,1-2H3. The predicted octanol–water partition coefficient (Wildman–Crippen LogP) is 3.38. The van der Waals surface area contributed by atoms with Gasteiger partial charge in [0.05, 0.1) is 11.6 Å². The van der Waals surface area contributed by atoms with Crippen LogP contribution in [-0.2, 0) is 10.2 Å². The molecule has 2 nitrogen and oxygen atoms in total. The molecule has 0 aliphatic heterocycles. The number of halogens is 2. The lowest BCUT2D eigenvalue weighted by Crippen LogP contribution is -2.31. The highest BCUT2D eigenvalue weighted by Crippen LogP contribution is 2.56. The van der Waals surface area contributed by atoms with Crippen molar-refractivity contribution in [3.05, 3.63) is 34.6 Å². The van der Waals surface area contributed by atoms with Gasteiger partial charge < -0.3 is 10.1 Å². The maximum Gasteiger partial charge on any atom is 0.145 e. The summed E-state index contributed by atoms with van der Waals surface area (Å²) in [4.78, 5) is 0. The molecule has 1 N–H and O–H groups in total. The van der Waals surface area contributed by atoms with E-state index in [0.717, 1.165) is 31.5 Å². The molecule has 4 heteroatoms. The van der Waals surface area contributed by atoms with Crippen LogP contribution in [0.2, 0.25) is 5.02 Å². The van der Waals surface area contributed by atoms with Crippen LogP contribution < -0.4 is 5.32 Å². The summed E-state index contributed by atoms with van der Waals surface area (Å²) in [6.07, 6.45) is 2.10. The van der Waals surface area contributed by atoms with E-state index in [9.17, 15) is 4.39 Å². The van der Waals surface area contributed by atoms with Crippen LogP contribution in [0.15, 0.2) is 18.2 Å². The van der Waals surface area contributed by atoms with Gasteiger partial charge in [-0.3, -0.25) is 0 Å². The minimum absolute atomic E-state index is 0.0858. The van der Waals surface area contributed by atoms with Crippen molar-refractivity contribution >= 4 is 11.6 Å². The Bertz CT molecular complexity index is 440. The number of benzene rings is 1. The van der Waals surface area contributed by atoms with Crippen molar-refractivity contribution in [2.75, 3.05) is 26.8 Å². The summed E-state index contributed by atoms with van der Waals surface area (Å²) in [5, 5.41) is 3.58. The van der Waals surface area contributed by atoms with Gasteiger partial charge >= 0.3 is 0 Å². The van der Waals surface area contributed by atoms with E-state index in [2.05, 4.69) is 12.2 Å². The number of hydrogen-bond acceptors (Lipinski definition) is 2. The van der Waals surface area contributed by atoms with E-state index in [0.29, 0.717) is 12.5 Å². The Hall–Kier alpha value is -0.640.